The van der Waals surface area contributed by atoms with Gasteiger partial charge in [0, 0.05) is 6.42 Å². The minimum atomic E-state index is -0.944. The molecule has 4 N–H and O–H groups in total. The van der Waals surface area contributed by atoms with E-state index in [-0.39, 0.29) is 11.9 Å². The van der Waals surface area contributed by atoms with Gasteiger partial charge >= 0.3 is 11.9 Å². The Bertz CT molecular complexity index is 427. The topological polar surface area (TPSA) is 119 Å². The summed E-state index contributed by atoms with van der Waals surface area (Å²) in [5.74, 6) is -1.39. The summed E-state index contributed by atoms with van der Waals surface area (Å²) in [4.78, 5) is 31.6. The lowest BCUT2D eigenvalue weighted by Crippen LogP contribution is -2.32. The summed E-state index contributed by atoms with van der Waals surface area (Å²) >= 11 is 0. The molecule has 0 aromatic carbocycles. The molecule has 0 saturated carbocycles. The minimum Gasteiger partial charge on any atom is -0.480 e. The summed E-state index contributed by atoms with van der Waals surface area (Å²) in [7, 11) is 0. The van der Waals surface area contributed by atoms with E-state index in [1.807, 2.05) is 0 Å². The van der Waals surface area contributed by atoms with Gasteiger partial charge in [-0.25, -0.2) is 4.79 Å². The van der Waals surface area contributed by atoms with E-state index in [9.17, 15) is 14.4 Å². The molecule has 0 aromatic rings. The number of carbonyl (C=O) groups excluding carboxylic acids is 2. The van der Waals surface area contributed by atoms with Crippen molar-refractivity contribution in [1.82, 2.24) is 5.32 Å². The zero-order valence-corrected chi connectivity index (χ0v) is 17.0. The average Bonchev–Trinajstić information content (AvgIpc) is 3.06. The minimum absolute atomic E-state index is 0.164. The molecule has 1 rings (SSSR count). The summed E-state index contributed by atoms with van der Waals surface area (Å²) in [6, 6.07) is -1.13. The average molecular weight is 387 g/mol. The van der Waals surface area contributed by atoms with Gasteiger partial charge in [-0.2, -0.15) is 0 Å². The van der Waals surface area contributed by atoms with Crippen LogP contribution >= 0.6 is 0 Å². The molecule has 0 aliphatic carbocycles. The van der Waals surface area contributed by atoms with Crippen LogP contribution in [0.4, 0.5) is 0 Å². The van der Waals surface area contributed by atoms with Gasteiger partial charge in [-0.15, -0.1) is 0 Å². The molecule has 1 fully saturated rings. The number of esters is 1. The van der Waals surface area contributed by atoms with Crippen LogP contribution in [0.5, 0.6) is 0 Å². The number of carboxylic acid groups (broad SMARTS) is 1. The summed E-state index contributed by atoms with van der Waals surface area (Å²) in [5.41, 5.74) is 5.39. The van der Waals surface area contributed by atoms with Crippen molar-refractivity contribution in [3.05, 3.63) is 0 Å². The largest absolute Gasteiger partial charge is 0.480 e. The molecule has 1 saturated heterocycles. The lowest BCUT2D eigenvalue weighted by atomic mass is 10.1. The number of amides is 1. The Kier molecular flexibility index (Phi) is 15.5. The fraction of sp³-hybridized carbons (Fsp3) is 0.850. The number of nitrogens with one attached hydrogen (secondary N) is 1. The Hall–Kier alpha value is -1.63. The monoisotopic (exact) mass is 386 g/mol. The fourth-order valence-corrected chi connectivity index (χ4v) is 2.69. The van der Waals surface area contributed by atoms with E-state index in [0.717, 1.165) is 12.8 Å². The van der Waals surface area contributed by atoms with Crippen LogP contribution in [0, 0.1) is 0 Å². The number of carbonyl (C=O) groups is 3. The first-order chi connectivity index (χ1) is 12.9. The first-order valence-electron chi connectivity index (χ1n) is 10.3. The quantitative estimate of drug-likeness (QED) is 0.330. The van der Waals surface area contributed by atoms with Gasteiger partial charge in [-0.3, -0.25) is 9.59 Å². The molecule has 7 nitrogen and oxygen atoms in total. The van der Waals surface area contributed by atoms with Gasteiger partial charge in [0.25, 0.3) is 0 Å². The van der Waals surface area contributed by atoms with Gasteiger partial charge in [-0.05, 0) is 19.8 Å². The van der Waals surface area contributed by atoms with Crippen LogP contribution in [-0.2, 0) is 19.1 Å². The van der Waals surface area contributed by atoms with E-state index < -0.39 is 18.1 Å². The third kappa shape index (κ3) is 15.2. The smallest absolute Gasteiger partial charge is 0.326 e. The SMILES string of the molecule is CCCCCCCCCCCCOC(=O)[C@H](C)N.O=C1CC[C@@H](C(=O)O)N1. The third-order valence-electron chi connectivity index (χ3n) is 4.41. The predicted octanol–water partition coefficient (Wildman–Crippen LogP) is 3.15. The first-order valence-corrected chi connectivity index (χ1v) is 10.3. The predicted molar refractivity (Wildman–Crippen MR) is 105 cm³/mol. The Morgan fingerprint density at radius 2 is 1.63 bits per heavy atom. The number of nitrogens with two attached hydrogens (primary N) is 1. The molecule has 1 aliphatic rings. The number of unbranched alkanes of at least 4 members (excludes halogenated alkanes) is 9. The molecule has 0 aromatic heterocycles. The van der Waals surface area contributed by atoms with Crippen molar-refractivity contribution < 1.29 is 24.2 Å². The van der Waals surface area contributed by atoms with Crippen LogP contribution in [0.2, 0.25) is 0 Å². The lowest BCUT2D eigenvalue weighted by molar-refractivity contribution is -0.145. The second kappa shape index (κ2) is 16.5. The molecular formula is C20H38N2O5. The number of aliphatic carboxylic acids is 1. The van der Waals surface area contributed by atoms with E-state index in [4.69, 9.17) is 15.6 Å². The zero-order chi connectivity index (χ0) is 20.5. The molecule has 0 radical (unpaired) electrons. The van der Waals surface area contributed by atoms with E-state index in [2.05, 4.69) is 12.2 Å². The zero-order valence-electron chi connectivity index (χ0n) is 17.0. The van der Waals surface area contributed by atoms with Crippen LogP contribution in [-0.4, -0.2) is 41.6 Å². The van der Waals surface area contributed by atoms with Gasteiger partial charge in [0.15, 0.2) is 0 Å². The summed E-state index contributed by atoms with van der Waals surface area (Å²) in [6.07, 6.45) is 13.7. The molecule has 0 spiro atoms. The van der Waals surface area contributed by atoms with E-state index >= 15 is 0 Å². The van der Waals surface area contributed by atoms with E-state index in [1.165, 1.54) is 51.4 Å². The summed E-state index contributed by atoms with van der Waals surface area (Å²) in [6.45, 7) is 4.43. The second-order valence-electron chi connectivity index (χ2n) is 7.14. The fourth-order valence-electron chi connectivity index (χ4n) is 2.69. The lowest BCUT2D eigenvalue weighted by Gasteiger charge is -2.06. The van der Waals surface area contributed by atoms with Gasteiger partial charge in [-0.1, -0.05) is 64.7 Å². The van der Waals surface area contributed by atoms with Gasteiger partial charge in [0.2, 0.25) is 5.91 Å². The molecule has 27 heavy (non-hydrogen) atoms. The van der Waals surface area contributed by atoms with Crippen LogP contribution in [0.3, 0.4) is 0 Å². The normalized spacial score (nSPS) is 16.9. The highest BCUT2D eigenvalue weighted by molar-refractivity contribution is 5.87. The molecule has 1 aliphatic heterocycles. The summed E-state index contributed by atoms with van der Waals surface area (Å²) in [5, 5.41) is 10.6. The first kappa shape index (κ1) is 25.4. The van der Waals surface area contributed by atoms with Crippen molar-refractivity contribution in [2.24, 2.45) is 5.73 Å². The Labute approximate surface area is 163 Å². The second-order valence-corrected chi connectivity index (χ2v) is 7.14. The number of ether oxygens (including phenoxy) is 1. The molecule has 0 bridgehead atoms. The molecule has 2 atom stereocenters. The van der Waals surface area contributed by atoms with Crippen LogP contribution in [0.15, 0.2) is 0 Å². The molecule has 158 valence electrons. The van der Waals surface area contributed by atoms with Crippen molar-refractivity contribution >= 4 is 17.8 Å². The van der Waals surface area contributed by atoms with Crippen molar-refractivity contribution in [1.29, 1.82) is 0 Å². The van der Waals surface area contributed by atoms with E-state index in [1.54, 1.807) is 6.92 Å². The number of hydrogen-bond acceptors (Lipinski definition) is 5. The van der Waals surface area contributed by atoms with Crippen LogP contribution in [0.1, 0.15) is 90.9 Å². The van der Waals surface area contributed by atoms with Crippen molar-refractivity contribution in [3.63, 3.8) is 0 Å². The van der Waals surface area contributed by atoms with Gasteiger partial charge < -0.3 is 20.9 Å². The number of hydrogen-bond donors (Lipinski definition) is 3. The highest BCUT2D eigenvalue weighted by Crippen LogP contribution is 2.10. The maximum absolute atomic E-state index is 11.1. The highest BCUT2D eigenvalue weighted by atomic mass is 16.5. The number of carboxylic acids is 1. The maximum atomic E-state index is 11.1. The van der Waals surface area contributed by atoms with Crippen molar-refractivity contribution in [2.45, 2.75) is 103 Å². The van der Waals surface area contributed by atoms with E-state index in [0.29, 0.717) is 19.4 Å². The van der Waals surface area contributed by atoms with Crippen molar-refractivity contribution in [3.8, 4) is 0 Å². The Balaban J connectivity index is 0.000000621. The Morgan fingerprint density at radius 3 is 2.00 bits per heavy atom. The highest BCUT2D eigenvalue weighted by Gasteiger charge is 2.26. The standard InChI is InChI=1S/C15H31NO2.C5H7NO3/c1-3-4-5-6-7-8-9-10-11-12-13-18-15(17)14(2)16;7-4-2-1-3(6-4)5(8)9/h14H,3-13,16H2,1-2H3;3H,1-2H2,(H,6,7)(H,8,9)/t14-;3-/m00/s1. The Morgan fingerprint density at radius 1 is 1.11 bits per heavy atom. The molecule has 1 amide bonds. The molecule has 7 heteroatoms. The van der Waals surface area contributed by atoms with Gasteiger partial charge in [0.05, 0.1) is 6.61 Å². The number of rotatable bonds is 13. The van der Waals surface area contributed by atoms with Gasteiger partial charge in [0.1, 0.15) is 12.1 Å². The molecule has 0 unspecified atom stereocenters. The molecular weight excluding hydrogens is 348 g/mol. The maximum Gasteiger partial charge on any atom is 0.326 e. The van der Waals surface area contributed by atoms with Crippen molar-refractivity contribution in [2.75, 3.05) is 6.61 Å². The third-order valence-corrected chi connectivity index (χ3v) is 4.41. The van der Waals surface area contributed by atoms with Crippen LogP contribution < -0.4 is 11.1 Å². The van der Waals surface area contributed by atoms with Crippen LogP contribution in [0.25, 0.3) is 0 Å². The molecule has 1 heterocycles. The summed E-state index contributed by atoms with van der Waals surface area (Å²) < 4.78 is 5.01.